The van der Waals surface area contributed by atoms with Gasteiger partial charge in [-0.3, -0.25) is 0 Å². The van der Waals surface area contributed by atoms with Gasteiger partial charge < -0.3 is 4.90 Å². The van der Waals surface area contributed by atoms with Gasteiger partial charge in [-0.25, -0.2) is 4.85 Å². The minimum Gasteiger partial charge on any atom is -0.313 e. The van der Waals surface area contributed by atoms with Crippen molar-refractivity contribution in [3.05, 3.63) is 127 Å². The van der Waals surface area contributed by atoms with Crippen molar-refractivity contribution in [3.63, 3.8) is 0 Å². The third-order valence-corrected chi connectivity index (χ3v) is 13.0. The highest BCUT2D eigenvalue weighted by Gasteiger charge is 2.46. The molecule has 7 rings (SSSR count). The molecule has 5 aromatic carbocycles. The molecular weight excluding hydrogens is 616 g/mol. The molecule has 0 atom stereocenters. The summed E-state index contributed by atoms with van der Waals surface area (Å²) in [6.07, 6.45) is 0. The van der Waals surface area contributed by atoms with Crippen LogP contribution in [0.25, 0.3) is 4.85 Å². The molecule has 0 fully saturated rings. The molecule has 0 aromatic heterocycles. The summed E-state index contributed by atoms with van der Waals surface area (Å²) in [5.74, 6) is 0. The summed E-state index contributed by atoms with van der Waals surface area (Å²) >= 11 is 0. The number of benzene rings is 5. The topological polar surface area (TPSA) is 31.4 Å². The van der Waals surface area contributed by atoms with Crippen LogP contribution in [0.2, 0.25) is 0 Å². The van der Waals surface area contributed by atoms with E-state index in [-0.39, 0.29) is 18.8 Å². The van der Waals surface area contributed by atoms with Crippen LogP contribution in [0.15, 0.2) is 48.5 Å². The van der Waals surface area contributed by atoms with Crippen molar-refractivity contribution in [2.75, 3.05) is 4.90 Å². The fourth-order valence-electron chi connectivity index (χ4n) is 9.17. The summed E-state index contributed by atoms with van der Waals surface area (Å²) < 4.78 is 0. The van der Waals surface area contributed by atoms with E-state index in [1.165, 1.54) is 88.7 Å². The molecule has 2 aliphatic rings. The first-order valence-corrected chi connectivity index (χ1v) is 18.2. The SMILES string of the molecule is [C-]#[N+]c1ccc2c(c1)B(c1c(C)c(C)c(C)c(C)c1C)c1cc(C(C)(C)C)cc3c1N2c1ccc(C#N)cc1B3c1c(C)c(C)c(C)c(C)c1C. The molecule has 0 saturated carbocycles. The second-order valence-corrected chi connectivity index (χ2v) is 16.3. The van der Waals surface area contributed by atoms with Gasteiger partial charge in [-0.05, 0) is 154 Å². The second kappa shape index (κ2) is 11.8. The summed E-state index contributed by atoms with van der Waals surface area (Å²) in [5.41, 5.74) is 26.9. The van der Waals surface area contributed by atoms with Crippen molar-refractivity contribution in [2.45, 2.75) is 95.4 Å². The quantitative estimate of drug-likeness (QED) is 0.141. The molecular formula is C46H47B2N3. The van der Waals surface area contributed by atoms with Crippen LogP contribution in [0.4, 0.5) is 22.7 Å². The Morgan fingerprint density at radius 2 is 0.980 bits per heavy atom. The van der Waals surface area contributed by atoms with Crippen LogP contribution >= 0.6 is 0 Å². The summed E-state index contributed by atoms with van der Waals surface area (Å²) in [6, 6.07) is 20.0. The molecule has 0 saturated heterocycles. The second-order valence-electron chi connectivity index (χ2n) is 16.3. The molecule has 5 heteroatoms. The first-order valence-electron chi connectivity index (χ1n) is 18.2. The van der Waals surface area contributed by atoms with Crippen LogP contribution in [0.5, 0.6) is 0 Å². The van der Waals surface area contributed by atoms with Gasteiger partial charge in [0.2, 0.25) is 13.4 Å². The van der Waals surface area contributed by atoms with E-state index in [1.54, 1.807) is 0 Å². The average Bonchev–Trinajstić information content (AvgIpc) is 3.12. The maximum atomic E-state index is 10.3. The normalized spacial score (nSPS) is 13.0. The van der Waals surface area contributed by atoms with Gasteiger partial charge in [0.05, 0.1) is 18.2 Å². The Morgan fingerprint density at radius 1 is 0.569 bits per heavy atom. The zero-order valence-corrected chi connectivity index (χ0v) is 32.6. The van der Waals surface area contributed by atoms with Crippen LogP contribution in [-0.4, -0.2) is 13.4 Å². The lowest BCUT2D eigenvalue weighted by atomic mass is 9.29. The maximum absolute atomic E-state index is 10.3. The highest BCUT2D eigenvalue weighted by Crippen LogP contribution is 2.40. The van der Waals surface area contributed by atoms with E-state index < -0.39 is 0 Å². The van der Waals surface area contributed by atoms with Gasteiger partial charge in [-0.1, -0.05) is 83.7 Å². The van der Waals surface area contributed by atoms with E-state index in [1.807, 2.05) is 12.1 Å². The Kier molecular flexibility index (Phi) is 7.96. The molecule has 51 heavy (non-hydrogen) atoms. The lowest BCUT2D eigenvalue weighted by Gasteiger charge is -2.46. The van der Waals surface area contributed by atoms with Crippen molar-refractivity contribution in [1.29, 1.82) is 5.26 Å². The number of hydrogen-bond acceptors (Lipinski definition) is 2. The molecule has 2 heterocycles. The summed E-state index contributed by atoms with van der Waals surface area (Å²) in [7, 11) is 0. The minimum atomic E-state index is -0.120. The molecule has 5 aromatic rings. The lowest BCUT2D eigenvalue weighted by Crippen LogP contribution is -2.66. The van der Waals surface area contributed by atoms with Gasteiger partial charge in [0.25, 0.3) is 0 Å². The van der Waals surface area contributed by atoms with Crippen molar-refractivity contribution >= 4 is 69.0 Å². The predicted octanol–water partition coefficient (Wildman–Crippen LogP) is 7.62. The molecule has 0 aliphatic carbocycles. The molecule has 0 radical (unpaired) electrons. The van der Waals surface area contributed by atoms with Gasteiger partial charge in [-0.15, -0.1) is 0 Å². The molecule has 2 aliphatic heterocycles. The Morgan fingerprint density at radius 3 is 1.39 bits per heavy atom. The van der Waals surface area contributed by atoms with Crippen LogP contribution in [-0.2, 0) is 5.41 Å². The number of fused-ring (bicyclic) bond motifs is 4. The Balaban J connectivity index is 1.73. The summed E-state index contributed by atoms with van der Waals surface area (Å²) in [6.45, 7) is 37.6. The van der Waals surface area contributed by atoms with E-state index in [4.69, 9.17) is 6.57 Å². The largest absolute Gasteiger partial charge is 0.313 e. The number of rotatable bonds is 2. The zero-order valence-electron chi connectivity index (χ0n) is 32.6. The molecule has 3 nitrogen and oxygen atoms in total. The van der Waals surface area contributed by atoms with Crippen LogP contribution < -0.4 is 37.7 Å². The predicted molar refractivity (Wildman–Crippen MR) is 220 cm³/mol. The molecule has 0 unspecified atom stereocenters. The third-order valence-electron chi connectivity index (χ3n) is 13.0. The number of nitriles is 1. The molecule has 0 N–H and O–H groups in total. The highest BCUT2D eigenvalue weighted by molar-refractivity contribution is 7.02. The zero-order chi connectivity index (χ0) is 37.0. The average molecular weight is 664 g/mol. The van der Waals surface area contributed by atoms with Gasteiger partial charge in [0.1, 0.15) is 0 Å². The summed E-state index contributed by atoms with van der Waals surface area (Å²) in [4.78, 5) is 6.41. The van der Waals surface area contributed by atoms with Crippen molar-refractivity contribution in [1.82, 2.24) is 0 Å². The Bertz CT molecular complexity index is 2230. The van der Waals surface area contributed by atoms with Gasteiger partial charge in [-0.2, -0.15) is 5.26 Å². The van der Waals surface area contributed by atoms with Gasteiger partial charge >= 0.3 is 0 Å². The Labute approximate surface area is 306 Å². The third kappa shape index (κ3) is 4.85. The van der Waals surface area contributed by atoms with Crippen LogP contribution in [0, 0.1) is 87.1 Å². The molecule has 0 spiro atoms. The number of anilines is 3. The lowest BCUT2D eigenvalue weighted by molar-refractivity contribution is 0.591. The number of nitrogens with zero attached hydrogens (tertiary/aromatic N) is 3. The first-order chi connectivity index (χ1) is 24.0. The monoisotopic (exact) mass is 663 g/mol. The van der Waals surface area contributed by atoms with E-state index in [0.29, 0.717) is 11.3 Å². The fourth-order valence-corrected chi connectivity index (χ4v) is 9.17. The highest BCUT2D eigenvalue weighted by atomic mass is 15.2. The standard InChI is InChI=1S/C46H47B2N3/c1-24-26(3)30(7)43(31(8)27(24)4)47-37-19-34(23-49)15-17-41(37)51-42-18-16-36(50-14)22-38(42)48(44-32(9)28(5)25(2)29(6)33(44)10)40-21-35(46(11,12)13)20-39(47)45(40)51/h15-22H,1-13H3. The number of hydrogen-bond donors (Lipinski definition) is 0. The van der Waals surface area contributed by atoms with E-state index in [0.717, 1.165) is 22.3 Å². The van der Waals surface area contributed by atoms with E-state index >= 15 is 0 Å². The van der Waals surface area contributed by atoms with Crippen molar-refractivity contribution in [2.24, 2.45) is 0 Å². The van der Waals surface area contributed by atoms with Gasteiger partial charge in [0.15, 0.2) is 5.69 Å². The van der Waals surface area contributed by atoms with Crippen molar-refractivity contribution in [3.8, 4) is 6.07 Å². The molecule has 0 amide bonds. The van der Waals surface area contributed by atoms with Gasteiger partial charge in [0, 0.05) is 17.1 Å². The van der Waals surface area contributed by atoms with E-state index in [2.05, 4.69) is 142 Å². The van der Waals surface area contributed by atoms with Crippen LogP contribution in [0.3, 0.4) is 0 Å². The molecule has 0 bridgehead atoms. The fraction of sp³-hybridized carbons (Fsp3) is 0.304. The minimum absolute atomic E-state index is 0.0590. The van der Waals surface area contributed by atoms with Crippen LogP contribution in [0.1, 0.15) is 87.5 Å². The summed E-state index contributed by atoms with van der Waals surface area (Å²) in [5, 5.41) is 10.3. The van der Waals surface area contributed by atoms with Crippen molar-refractivity contribution < 1.29 is 0 Å². The Hall–Kier alpha value is -4.99. The molecule has 252 valence electrons. The smallest absolute Gasteiger partial charge is 0.247 e. The maximum Gasteiger partial charge on any atom is 0.247 e. The van der Waals surface area contributed by atoms with E-state index in [9.17, 15) is 5.26 Å². The first kappa shape index (κ1) is 34.5.